The van der Waals surface area contributed by atoms with Gasteiger partial charge in [0, 0.05) is 10.9 Å². The second kappa shape index (κ2) is 7.54. The van der Waals surface area contributed by atoms with Crippen LogP contribution in [0.5, 0.6) is 0 Å². The third kappa shape index (κ3) is 4.04. The summed E-state index contributed by atoms with van der Waals surface area (Å²) >= 11 is 0. The van der Waals surface area contributed by atoms with Crippen molar-refractivity contribution in [1.82, 2.24) is 0 Å². The second-order valence-corrected chi connectivity index (χ2v) is 8.92. The van der Waals surface area contributed by atoms with E-state index in [0.29, 0.717) is 10.9 Å². The van der Waals surface area contributed by atoms with Crippen LogP contribution in [-0.2, 0) is 17.3 Å². The maximum Gasteiger partial charge on any atom is 0.154 e. The highest BCUT2D eigenvalue weighted by atomic mass is 32.2. The molecule has 0 bridgehead atoms. The van der Waals surface area contributed by atoms with Gasteiger partial charge < -0.3 is 0 Å². The summed E-state index contributed by atoms with van der Waals surface area (Å²) in [4.78, 5) is 1.63. The fourth-order valence-electron chi connectivity index (χ4n) is 3.76. The first kappa shape index (κ1) is 14.5. The van der Waals surface area contributed by atoms with Gasteiger partial charge >= 0.3 is 0 Å². The third-order valence-electron chi connectivity index (χ3n) is 5.10. The lowest BCUT2D eigenvalue weighted by atomic mass is 9.85. The van der Waals surface area contributed by atoms with E-state index < -0.39 is 0 Å². The summed E-state index contributed by atoms with van der Waals surface area (Å²) in [6, 6.07) is 9.70. The maximum absolute atomic E-state index is 2.44. The molecule has 2 fully saturated rings. The quantitative estimate of drug-likeness (QED) is 0.654. The monoisotopic (exact) mass is 289 g/mol. The first-order valence-corrected chi connectivity index (χ1v) is 10.2. The van der Waals surface area contributed by atoms with Crippen LogP contribution in [0.2, 0.25) is 0 Å². The van der Waals surface area contributed by atoms with E-state index in [-0.39, 0.29) is 0 Å². The molecule has 1 aromatic carbocycles. The Morgan fingerprint density at radius 2 is 1.45 bits per heavy atom. The fourth-order valence-corrected chi connectivity index (χ4v) is 6.06. The summed E-state index contributed by atoms with van der Waals surface area (Å²) in [5.74, 6) is 3.91. The van der Waals surface area contributed by atoms with Crippen LogP contribution in [0, 0.1) is 5.92 Å². The Labute approximate surface area is 127 Å². The molecule has 0 nitrogen and oxygen atoms in total. The van der Waals surface area contributed by atoms with E-state index in [1.54, 1.807) is 10.5 Å². The normalized spacial score (nSPS) is 22.0. The maximum atomic E-state index is 2.44. The number of aryl methyl sites for hydroxylation is 1. The van der Waals surface area contributed by atoms with Crippen molar-refractivity contribution in [3.63, 3.8) is 0 Å². The van der Waals surface area contributed by atoms with Gasteiger partial charge in [-0.15, -0.1) is 0 Å². The van der Waals surface area contributed by atoms with Gasteiger partial charge in [-0.25, -0.2) is 0 Å². The van der Waals surface area contributed by atoms with Crippen LogP contribution in [0.25, 0.3) is 0 Å². The molecule has 1 aliphatic heterocycles. The zero-order valence-electron chi connectivity index (χ0n) is 12.8. The van der Waals surface area contributed by atoms with Crippen molar-refractivity contribution in [2.45, 2.75) is 69.1 Å². The van der Waals surface area contributed by atoms with Crippen LogP contribution in [0.1, 0.15) is 63.4 Å². The van der Waals surface area contributed by atoms with Gasteiger partial charge in [-0.05, 0) is 55.7 Å². The van der Waals surface area contributed by atoms with Gasteiger partial charge in [0.1, 0.15) is 11.5 Å². The minimum atomic E-state index is 0.575. The van der Waals surface area contributed by atoms with E-state index in [9.17, 15) is 0 Å². The third-order valence-corrected chi connectivity index (χ3v) is 7.61. The first-order valence-electron chi connectivity index (χ1n) is 8.68. The predicted molar refractivity (Wildman–Crippen MR) is 90.6 cm³/mol. The lowest BCUT2D eigenvalue weighted by Gasteiger charge is -2.21. The summed E-state index contributed by atoms with van der Waals surface area (Å²) in [6.07, 6.45) is 14.5. The van der Waals surface area contributed by atoms with Gasteiger partial charge in [0.25, 0.3) is 0 Å². The molecule has 1 heterocycles. The average molecular weight is 290 g/mol. The second-order valence-electron chi connectivity index (χ2n) is 6.65. The topological polar surface area (TPSA) is 0 Å². The van der Waals surface area contributed by atoms with Crippen molar-refractivity contribution >= 4 is 10.9 Å². The highest BCUT2D eigenvalue weighted by Gasteiger charge is 2.24. The molecule has 0 amide bonds. The van der Waals surface area contributed by atoms with E-state index in [1.165, 1.54) is 75.7 Å². The molecule has 1 aliphatic carbocycles. The summed E-state index contributed by atoms with van der Waals surface area (Å²) in [5, 5.41) is 0. The molecule has 3 rings (SSSR count). The molecule has 110 valence electrons. The van der Waals surface area contributed by atoms with E-state index in [1.807, 2.05) is 0 Å². The van der Waals surface area contributed by atoms with E-state index in [2.05, 4.69) is 24.3 Å². The van der Waals surface area contributed by atoms with Crippen molar-refractivity contribution in [2.75, 3.05) is 11.5 Å². The molecule has 2 aliphatic rings. The lowest BCUT2D eigenvalue weighted by molar-refractivity contribution is 0.339. The van der Waals surface area contributed by atoms with Gasteiger partial charge in [-0.2, -0.15) is 0 Å². The smallest absolute Gasteiger partial charge is 0.0541 e. The Morgan fingerprint density at radius 3 is 2.15 bits per heavy atom. The molecule has 20 heavy (non-hydrogen) atoms. The first-order chi connectivity index (χ1) is 9.92. The summed E-state index contributed by atoms with van der Waals surface area (Å²) in [5.41, 5.74) is 1.57. The average Bonchev–Trinajstić information content (AvgIpc) is 2.55. The van der Waals surface area contributed by atoms with Crippen LogP contribution in [-0.4, -0.2) is 11.5 Å². The van der Waals surface area contributed by atoms with Crippen molar-refractivity contribution in [1.29, 1.82) is 0 Å². The van der Waals surface area contributed by atoms with Crippen LogP contribution in [0.3, 0.4) is 0 Å². The molecular formula is C19H29S+. The highest BCUT2D eigenvalue weighted by molar-refractivity contribution is 7.96. The van der Waals surface area contributed by atoms with Gasteiger partial charge in [-0.3, -0.25) is 0 Å². The number of rotatable bonds is 4. The summed E-state index contributed by atoms with van der Waals surface area (Å²) in [6.45, 7) is 0. The Morgan fingerprint density at radius 1 is 0.800 bits per heavy atom. The van der Waals surface area contributed by atoms with Crippen LogP contribution in [0.4, 0.5) is 0 Å². The number of benzene rings is 1. The zero-order valence-corrected chi connectivity index (χ0v) is 13.6. The Bertz CT molecular complexity index is 383. The Hall–Kier alpha value is -0.430. The molecule has 0 radical (unpaired) electrons. The molecule has 1 aromatic rings. The Balaban J connectivity index is 1.50. The molecule has 1 heteroatoms. The summed E-state index contributed by atoms with van der Waals surface area (Å²) in [7, 11) is 0.575. The molecular weight excluding hydrogens is 260 g/mol. The molecule has 0 atom stereocenters. The van der Waals surface area contributed by atoms with E-state index in [4.69, 9.17) is 0 Å². The van der Waals surface area contributed by atoms with Crippen molar-refractivity contribution < 1.29 is 0 Å². The van der Waals surface area contributed by atoms with E-state index in [0.717, 1.165) is 5.92 Å². The molecule has 0 unspecified atom stereocenters. The zero-order chi connectivity index (χ0) is 13.6. The van der Waals surface area contributed by atoms with E-state index >= 15 is 0 Å². The SMILES string of the molecule is c1cc([S+]2CCCCC2)ccc1CCC1CCCCC1. The van der Waals surface area contributed by atoms with Crippen LogP contribution in [0.15, 0.2) is 29.2 Å². The van der Waals surface area contributed by atoms with Gasteiger partial charge in [0.05, 0.1) is 0 Å². The molecule has 0 N–H and O–H groups in total. The molecule has 0 aromatic heterocycles. The van der Waals surface area contributed by atoms with Gasteiger partial charge in [0.2, 0.25) is 0 Å². The van der Waals surface area contributed by atoms with Crippen molar-refractivity contribution in [2.24, 2.45) is 5.92 Å². The van der Waals surface area contributed by atoms with Gasteiger partial charge in [0.15, 0.2) is 4.90 Å². The van der Waals surface area contributed by atoms with Gasteiger partial charge in [-0.1, -0.05) is 44.2 Å². The van der Waals surface area contributed by atoms with Crippen LogP contribution < -0.4 is 0 Å². The van der Waals surface area contributed by atoms with Crippen molar-refractivity contribution in [3.8, 4) is 0 Å². The predicted octanol–water partition coefficient (Wildman–Crippen LogP) is 5.36. The fraction of sp³-hybridized carbons (Fsp3) is 0.684. The number of hydrogen-bond acceptors (Lipinski definition) is 0. The number of hydrogen-bond donors (Lipinski definition) is 0. The molecule has 1 saturated carbocycles. The lowest BCUT2D eigenvalue weighted by Crippen LogP contribution is -2.17. The molecule has 0 spiro atoms. The minimum absolute atomic E-state index is 0.575. The van der Waals surface area contributed by atoms with Crippen molar-refractivity contribution in [3.05, 3.63) is 29.8 Å². The van der Waals surface area contributed by atoms with Crippen LogP contribution >= 0.6 is 0 Å². The minimum Gasteiger partial charge on any atom is -0.0541 e. The molecule has 1 saturated heterocycles. The summed E-state index contributed by atoms with van der Waals surface area (Å²) < 4.78 is 0. The standard InChI is InChI=1S/C19H29S/c1-3-7-17(8-4-1)9-10-18-11-13-19(14-12-18)20-15-5-2-6-16-20/h11-14,17H,1-10,15-16H2/q+1. The highest BCUT2D eigenvalue weighted by Crippen LogP contribution is 2.28. The Kier molecular flexibility index (Phi) is 5.47. The largest absolute Gasteiger partial charge is 0.154 e.